The molecule has 0 radical (unpaired) electrons. The number of benzene rings is 2. The van der Waals surface area contributed by atoms with Gasteiger partial charge >= 0.3 is 11.9 Å². The second kappa shape index (κ2) is 10.4. The van der Waals surface area contributed by atoms with Gasteiger partial charge in [-0.05, 0) is 36.3 Å². The summed E-state index contributed by atoms with van der Waals surface area (Å²) < 4.78 is 0. The molecule has 0 bridgehead atoms. The Labute approximate surface area is 154 Å². The van der Waals surface area contributed by atoms with Gasteiger partial charge in [-0.3, -0.25) is 9.59 Å². The van der Waals surface area contributed by atoms with Crippen molar-refractivity contribution in [2.45, 2.75) is 50.4 Å². The molecule has 0 heterocycles. The van der Waals surface area contributed by atoms with E-state index in [1.54, 1.807) is 0 Å². The molecule has 2 rings (SSSR count). The van der Waals surface area contributed by atoms with E-state index in [-0.39, 0.29) is 12.3 Å². The number of hydrogen-bond donors (Lipinski definition) is 2. The van der Waals surface area contributed by atoms with E-state index in [0.717, 1.165) is 30.4 Å². The fourth-order valence-corrected chi connectivity index (χ4v) is 3.36. The van der Waals surface area contributed by atoms with E-state index in [1.165, 1.54) is 0 Å². The van der Waals surface area contributed by atoms with Crippen molar-refractivity contribution in [2.75, 3.05) is 0 Å². The Morgan fingerprint density at radius 2 is 1.27 bits per heavy atom. The van der Waals surface area contributed by atoms with Crippen molar-refractivity contribution >= 4 is 11.9 Å². The van der Waals surface area contributed by atoms with Crippen molar-refractivity contribution < 1.29 is 19.8 Å². The predicted octanol–water partition coefficient (Wildman–Crippen LogP) is 5.06. The average molecular weight is 354 g/mol. The maximum atomic E-state index is 11.6. The maximum absolute atomic E-state index is 11.6. The van der Waals surface area contributed by atoms with Crippen molar-refractivity contribution in [3.8, 4) is 0 Å². The third-order valence-electron chi connectivity index (χ3n) is 4.77. The van der Waals surface area contributed by atoms with Gasteiger partial charge in [0.1, 0.15) is 0 Å². The maximum Gasteiger partial charge on any atom is 0.310 e. The summed E-state index contributed by atoms with van der Waals surface area (Å²) in [6, 6.07) is 19.3. The third kappa shape index (κ3) is 6.36. The van der Waals surface area contributed by atoms with Gasteiger partial charge in [-0.2, -0.15) is 0 Å². The molecule has 2 unspecified atom stereocenters. The lowest BCUT2D eigenvalue weighted by Gasteiger charge is -2.17. The van der Waals surface area contributed by atoms with Crippen molar-refractivity contribution in [3.05, 3.63) is 71.8 Å². The quantitative estimate of drug-likeness (QED) is 0.553. The van der Waals surface area contributed by atoms with Crippen LogP contribution in [0.25, 0.3) is 0 Å². The van der Waals surface area contributed by atoms with Gasteiger partial charge in [-0.15, -0.1) is 0 Å². The lowest BCUT2D eigenvalue weighted by Crippen LogP contribution is -2.11. The largest absolute Gasteiger partial charge is 0.481 e. The zero-order valence-electron chi connectivity index (χ0n) is 14.9. The molecule has 0 saturated carbocycles. The molecule has 0 aliphatic heterocycles. The molecule has 0 aliphatic rings. The lowest BCUT2D eigenvalue weighted by molar-refractivity contribution is -0.139. The summed E-state index contributed by atoms with van der Waals surface area (Å²) in [7, 11) is 0. The van der Waals surface area contributed by atoms with E-state index in [2.05, 4.69) is 0 Å². The van der Waals surface area contributed by atoms with E-state index in [0.29, 0.717) is 12.8 Å². The molecule has 2 atom stereocenters. The summed E-state index contributed by atoms with van der Waals surface area (Å²) in [4.78, 5) is 22.5. The highest BCUT2D eigenvalue weighted by Gasteiger charge is 2.19. The monoisotopic (exact) mass is 354 g/mol. The summed E-state index contributed by atoms with van der Waals surface area (Å²) in [5.41, 5.74) is 2.00. The number of unbranched alkanes of at least 4 members (excludes halogenated alkanes) is 1. The molecule has 0 saturated heterocycles. The molecule has 4 heteroatoms. The van der Waals surface area contributed by atoms with Gasteiger partial charge in [0.25, 0.3) is 0 Å². The summed E-state index contributed by atoms with van der Waals surface area (Å²) in [6.07, 6.45) is 3.93. The van der Waals surface area contributed by atoms with Crippen LogP contribution in [0.4, 0.5) is 0 Å². The Kier molecular flexibility index (Phi) is 7.87. The van der Waals surface area contributed by atoms with Crippen LogP contribution in [0.2, 0.25) is 0 Å². The van der Waals surface area contributed by atoms with E-state index < -0.39 is 17.9 Å². The smallest absolute Gasteiger partial charge is 0.310 e. The van der Waals surface area contributed by atoms with Gasteiger partial charge in [0.15, 0.2) is 0 Å². The minimum absolute atomic E-state index is 0.154. The van der Waals surface area contributed by atoms with Gasteiger partial charge in [-0.1, -0.05) is 73.5 Å². The molecular formula is C22H26O4. The van der Waals surface area contributed by atoms with Crippen LogP contribution in [-0.2, 0) is 9.59 Å². The SMILES string of the molecule is O=C(O)CCC(CCCCC(C(=O)O)c1ccccc1)c1ccccc1. The molecule has 0 aliphatic carbocycles. The first kappa shape index (κ1) is 19.7. The zero-order chi connectivity index (χ0) is 18.8. The minimum Gasteiger partial charge on any atom is -0.481 e. The molecular weight excluding hydrogens is 328 g/mol. The second-order valence-electron chi connectivity index (χ2n) is 6.63. The highest BCUT2D eigenvalue weighted by Crippen LogP contribution is 2.29. The predicted molar refractivity (Wildman–Crippen MR) is 101 cm³/mol. The number of rotatable bonds is 11. The van der Waals surface area contributed by atoms with Crippen LogP contribution in [0.3, 0.4) is 0 Å². The van der Waals surface area contributed by atoms with Crippen LogP contribution in [0.5, 0.6) is 0 Å². The molecule has 0 fully saturated rings. The first-order valence-corrected chi connectivity index (χ1v) is 9.12. The Bertz CT molecular complexity index is 682. The van der Waals surface area contributed by atoms with Crippen molar-refractivity contribution in [1.82, 2.24) is 0 Å². The fourth-order valence-electron chi connectivity index (χ4n) is 3.36. The van der Waals surface area contributed by atoms with E-state index in [9.17, 15) is 14.7 Å². The zero-order valence-corrected chi connectivity index (χ0v) is 14.9. The van der Waals surface area contributed by atoms with Crippen LogP contribution >= 0.6 is 0 Å². The van der Waals surface area contributed by atoms with Crippen LogP contribution in [-0.4, -0.2) is 22.2 Å². The standard InChI is InChI=1S/C22H26O4/c23-21(24)16-15-18(17-9-3-1-4-10-17)11-7-8-14-20(22(25)26)19-12-5-2-6-13-19/h1-6,9-10,12-13,18,20H,7-8,11,14-16H2,(H,23,24)(H,25,26). The third-order valence-corrected chi connectivity index (χ3v) is 4.77. The first-order chi connectivity index (χ1) is 12.6. The van der Waals surface area contributed by atoms with Crippen molar-refractivity contribution in [3.63, 3.8) is 0 Å². The van der Waals surface area contributed by atoms with Gasteiger partial charge < -0.3 is 10.2 Å². The van der Waals surface area contributed by atoms with Gasteiger partial charge in [-0.25, -0.2) is 0 Å². The van der Waals surface area contributed by atoms with Crippen LogP contribution in [0.1, 0.15) is 61.5 Å². The Morgan fingerprint density at radius 3 is 1.81 bits per heavy atom. The first-order valence-electron chi connectivity index (χ1n) is 9.12. The van der Waals surface area contributed by atoms with E-state index in [1.807, 2.05) is 60.7 Å². The number of carboxylic acid groups (broad SMARTS) is 2. The molecule has 0 amide bonds. The topological polar surface area (TPSA) is 74.6 Å². The van der Waals surface area contributed by atoms with E-state index in [4.69, 9.17) is 5.11 Å². The average Bonchev–Trinajstić information content (AvgIpc) is 2.65. The summed E-state index contributed by atoms with van der Waals surface area (Å²) in [5, 5.41) is 18.5. The number of carbonyl (C=O) groups is 2. The summed E-state index contributed by atoms with van der Waals surface area (Å²) >= 11 is 0. The molecule has 0 spiro atoms. The van der Waals surface area contributed by atoms with Gasteiger partial charge in [0.2, 0.25) is 0 Å². The van der Waals surface area contributed by atoms with Crippen LogP contribution in [0.15, 0.2) is 60.7 Å². The van der Waals surface area contributed by atoms with E-state index >= 15 is 0 Å². The molecule has 138 valence electrons. The Balaban J connectivity index is 1.89. The highest BCUT2D eigenvalue weighted by atomic mass is 16.4. The summed E-state index contributed by atoms with van der Waals surface area (Å²) in [5.74, 6) is -1.85. The molecule has 2 aromatic rings. The number of aliphatic carboxylic acids is 2. The molecule has 4 nitrogen and oxygen atoms in total. The minimum atomic E-state index is -0.790. The molecule has 2 aromatic carbocycles. The second-order valence-corrected chi connectivity index (χ2v) is 6.63. The lowest BCUT2D eigenvalue weighted by atomic mass is 9.87. The fraction of sp³-hybridized carbons (Fsp3) is 0.364. The van der Waals surface area contributed by atoms with Crippen molar-refractivity contribution in [2.24, 2.45) is 0 Å². The highest BCUT2D eigenvalue weighted by molar-refractivity contribution is 5.75. The summed E-state index contributed by atoms with van der Waals surface area (Å²) in [6.45, 7) is 0. The molecule has 0 aromatic heterocycles. The Morgan fingerprint density at radius 1 is 0.731 bits per heavy atom. The normalized spacial score (nSPS) is 13.1. The number of carboxylic acids is 2. The van der Waals surface area contributed by atoms with Crippen molar-refractivity contribution in [1.29, 1.82) is 0 Å². The number of hydrogen-bond acceptors (Lipinski definition) is 2. The molecule has 26 heavy (non-hydrogen) atoms. The van der Waals surface area contributed by atoms with Gasteiger partial charge in [0.05, 0.1) is 5.92 Å². The van der Waals surface area contributed by atoms with Gasteiger partial charge in [0, 0.05) is 6.42 Å². The van der Waals surface area contributed by atoms with Crippen LogP contribution in [0, 0.1) is 0 Å². The van der Waals surface area contributed by atoms with Crippen LogP contribution < -0.4 is 0 Å². The molecule has 2 N–H and O–H groups in total. The Hall–Kier alpha value is -2.62.